The standard InChI is InChI=1S/C43H34ClN5O8S/c1-20-29-16-23(44)4-13-34(29)58-38(20)32-18-35(46(3)45-32)48-40(52)31-17-30-27(37(43(31,2)42(48)54)22-14-21-15-26(50)9-12-33(21)57-19-22)10-11-28-36(30)41(53)47(39(28)51)24-5-7-25(8-6-24)49(55)56/h4-10,12-13,15-16,18-19,28,30-31,36-37,50H,11,14,17H2,1-3H3/t28-,30+,31-,36-,37-,43+/m0/s1. The molecule has 0 bridgehead atoms. The number of phenolic OH excluding ortho intramolecular Hbond substituents is 1. The number of anilines is 2. The van der Waals surface area contributed by atoms with Crippen LogP contribution < -0.4 is 14.5 Å². The normalized spacial score (nSPS) is 26.2. The number of phenols is 1. The van der Waals surface area contributed by atoms with Crippen molar-refractivity contribution in [2.45, 2.75) is 33.1 Å². The molecule has 15 heteroatoms. The van der Waals surface area contributed by atoms with Crippen molar-refractivity contribution < 1.29 is 33.9 Å². The van der Waals surface area contributed by atoms with E-state index in [4.69, 9.17) is 21.4 Å². The van der Waals surface area contributed by atoms with Gasteiger partial charge in [-0.2, -0.15) is 5.10 Å². The first-order valence-electron chi connectivity index (χ1n) is 18.9. The molecule has 3 fully saturated rings. The number of ether oxygens (including phenoxy) is 1. The van der Waals surface area contributed by atoms with E-state index in [1.807, 2.05) is 38.1 Å². The number of hydrogen-bond acceptors (Lipinski definition) is 10. The molecule has 4 amide bonds. The maximum Gasteiger partial charge on any atom is 0.269 e. The predicted molar refractivity (Wildman–Crippen MR) is 215 cm³/mol. The number of aromatic nitrogens is 2. The topological polar surface area (TPSA) is 165 Å². The summed E-state index contributed by atoms with van der Waals surface area (Å²) in [6.45, 7) is 3.80. The molecule has 3 aliphatic heterocycles. The molecule has 58 heavy (non-hydrogen) atoms. The van der Waals surface area contributed by atoms with Gasteiger partial charge >= 0.3 is 0 Å². The third kappa shape index (κ3) is 5.03. The van der Waals surface area contributed by atoms with Crippen molar-refractivity contribution in [3.63, 3.8) is 0 Å². The van der Waals surface area contributed by atoms with E-state index in [0.29, 0.717) is 39.8 Å². The molecule has 0 radical (unpaired) electrons. The van der Waals surface area contributed by atoms with Gasteiger partial charge in [0.1, 0.15) is 23.0 Å². The van der Waals surface area contributed by atoms with Crippen molar-refractivity contribution in [1.29, 1.82) is 0 Å². The molecule has 10 rings (SSSR count). The summed E-state index contributed by atoms with van der Waals surface area (Å²) in [5.41, 5.74) is 2.52. The maximum absolute atomic E-state index is 15.2. The van der Waals surface area contributed by atoms with E-state index in [9.17, 15) is 29.6 Å². The Bertz CT molecular complexity index is 2770. The SMILES string of the molecule is Cc1c(-c2cc(N3C(=O)[C@@H]4C[C@@H]5C(=CC[C@@H]6C(=O)N(c7ccc([N+](=O)[O-])cc7)C(=O)[C@@H]65)[C@H](C5=COc6ccc(O)cc6C5)[C@]4(C)C3=O)n(C)n2)sc2ccc(Cl)cc12. The molecule has 0 unspecified atom stereocenters. The van der Waals surface area contributed by atoms with Crippen LogP contribution >= 0.6 is 22.9 Å². The van der Waals surface area contributed by atoms with Gasteiger partial charge in [-0.15, -0.1) is 11.3 Å². The Labute approximate surface area is 339 Å². The number of aromatic hydroxyl groups is 1. The van der Waals surface area contributed by atoms with Gasteiger partial charge in [-0.25, -0.2) is 4.90 Å². The number of amides is 4. The molecule has 13 nitrogen and oxygen atoms in total. The van der Waals surface area contributed by atoms with Crippen LogP contribution in [0.1, 0.15) is 30.9 Å². The highest BCUT2D eigenvalue weighted by Crippen LogP contribution is 2.63. The van der Waals surface area contributed by atoms with Crippen LogP contribution in [0.4, 0.5) is 17.2 Å². The molecule has 3 aromatic carbocycles. The van der Waals surface area contributed by atoms with Crippen LogP contribution in [0.2, 0.25) is 5.02 Å². The van der Waals surface area contributed by atoms with Crippen LogP contribution in [0.15, 0.2) is 90.2 Å². The summed E-state index contributed by atoms with van der Waals surface area (Å²) in [7, 11) is 1.70. The highest BCUT2D eigenvalue weighted by molar-refractivity contribution is 7.22. The molecule has 292 valence electrons. The van der Waals surface area contributed by atoms with Crippen LogP contribution in [-0.4, -0.2) is 43.4 Å². The second-order valence-corrected chi connectivity index (χ2v) is 17.4. The number of hydrogen-bond donors (Lipinski definition) is 1. The third-order valence-electron chi connectivity index (χ3n) is 13.0. The number of nitro benzene ring substituents is 1. The first-order chi connectivity index (χ1) is 27.8. The third-order valence-corrected chi connectivity index (χ3v) is 14.5. The summed E-state index contributed by atoms with van der Waals surface area (Å²) in [5.74, 6) is -4.50. The number of allylic oxidation sites excluding steroid dienone is 3. The van der Waals surface area contributed by atoms with E-state index in [-0.39, 0.29) is 30.0 Å². The number of aryl methyl sites for hydroxylation is 2. The predicted octanol–water partition coefficient (Wildman–Crippen LogP) is 7.66. The van der Waals surface area contributed by atoms with Crippen molar-refractivity contribution in [2.75, 3.05) is 9.80 Å². The van der Waals surface area contributed by atoms with Crippen LogP contribution in [0, 0.1) is 52.0 Å². The van der Waals surface area contributed by atoms with Gasteiger partial charge in [-0.05, 0) is 97.7 Å². The molecule has 0 spiro atoms. The number of nitro groups is 1. The van der Waals surface area contributed by atoms with Crippen molar-refractivity contribution in [1.82, 2.24) is 9.78 Å². The molecular weight excluding hydrogens is 782 g/mol. The number of carbonyl (C=O) groups excluding carboxylic acids is 4. The molecule has 2 saturated heterocycles. The minimum absolute atomic E-state index is 0.0533. The summed E-state index contributed by atoms with van der Waals surface area (Å²) < 4.78 is 8.69. The molecule has 1 N–H and O–H groups in total. The fraction of sp³-hybridized carbons (Fsp3) is 0.279. The van der Waals surface area contributed by atoms with Gasteiger partial charge in [-0.3, -0.25) is 38.9 Å². The highest BCUT2D eigenvalue weighted by atomic mass is 35.5. The number of non-ortho nitro benzene ring substituents is 1. The van der Waals surface area contributed by atoms with Gasteiger partial charge in [0.15, 0.2) is 0 Å². The lowest BCUT2D eigenvalue weighted by atomic mass is 9.51. The van der Waals surface area contributed by atoms with Gasteiger partial charge in [-0.1, -0.05) is 23.3 Å². The number of nitrogens with zero attached hydrogens (tertiary/aromatic N) is 5. The average Bonchev–Trinajstić information content (AvgIpc) is 3.87. The molecule has 5 aromatic rings. The summed E-state index contributed by atoms with van der Waals surface area (Å²) in [4.78, 5) is 72.8. The summed E-state index contributed by atoms with van der Waals surface area (Å²) in [6, 6.07) is 17.6. The fourth-order valence-corrected chi connectivity index (χ4v) is 11.6. The van der Waals surface area contributed by atoms with Gasteiger partial charge in [0, 0.05) is 52.9 Å². The molecule has 5 aliphatic rings. The molecule has 1 saturated carbocycles. The number of rotatable bonds is 5. The van der Waals surface area contributed by atoms with E-state index < -0.39 is 63.6 Å². The van der Waals surface area contributed by atoms with Crippen LogP contribution in [-0.2, 0) is 32.6 Å². The van der Waals surface area contributed by atoms with E-state index in [0.717, 1.165) is 31.0 Å². The maximum atomic E-state index is 15.2. The molecule has 5 heterocycles. The number of thiophene rings is 1. The lowest BCUT2D eigenvalue weighted by Crippen LogP contribution is -2.51. The lowest BCUT2D eigenvalue weighted by Gasteiger charge is -2.49. The molecule has 2 aliphatic carbocycles. The monoisotopic (exact) mass is 815 g/mol. The number of imide groups is 2. The zero-order valence-electron chi connectivity index (χ0n) is 31.3. The van der Waals surface area contributed by atoms with Gasteiger partial charge in [0.05, 0.1) is 44.9 Å². The Hall–Kier alpha value is -6.12. The minimum atomic E-state index is -1.33. The van der Waals surface area contributed by atoms with E-state index >= 15 is 4.79 Å². The number of carbonyl (C=O) groups is 4. The number of halogens is 1. The van der Waals surface area contributed by atoms with Crippen molar-refractivity contribution in [3.8, 4) is 22.1 Å². The highest BCUT2D eigenvalue weighted by Gasteiger charge is 2.68. The number of benzene rings is 3. The Balaban J connectivity index is 1.07. The molecule has 6 atom stereocenters. The second kappa shape index (κ2) is 12.7. The van der Waals surface area contributed by atoms with Gasteiger partial charge in [0.2, 0.25) is 23.6 Å². The minimum Gasteiger partial charge on any atom is -0.508 e. The zero-order valence-corrected chi connectivity index (χ0v) is 32.9. The van der Waals surface area contributed by atoms with E-state index in [1.165, 1.54) is 35.2 Å². The van der Waals surface area contributed by atoms with Crippen molar-refractivity contribution >= 4 is 73.8 Å². The summed E-state index contributed by atoms with van der Waals surface area (Å²) >= 11 is 7.87. The Morgan fingerprint density at radius 3 is 2.52 bits per heavy atom. The van der Waals surface area contributed by atoms with Crippen LogP contribution in [0.5, 0.6) is 11.5 Å². The first kappa shape index (κ1) is 36.2. The fourth-order valence-electron chi connectivity index (χ4n) is 10.3. The van der Waals surface area contributed by atoms with Gasteiger partial charge in [0.25, 0.3) is 5.69 Å². The summed E-state index contributed by atoms with van der Waals surface area (Å²) in [6.07, 6.45) is 4.25. The Morgan fingerprint density at radius 2 is 1.76 bits per heavy atom. The molecule has 2 aromatic heterocycles. The Kier molecular flexibility index (Phi) is 7.93. The van der Waals surface area contributed by atoms with Gasteiger partial charge < -0.3 is 9.84 Å². The second-order valence-electron chi connectivity index (χ2n) is 15.9. The average molecular weight is 816 g/mol. The van der Waals surface area contributed by atoms with E-state index in [1.54, 1.807) is 47.5 Å². The largest absolute Gasteiger partial charge is 0.508 e. The zero-order chi connectivity index (χ0) is 40.5. The smallest absolute Gasteiger partial charge is 0.269 e. The first-order valence-corrected chi connectivity index (χ1v) is 20.1. The summed E-state index contributed by atoms with van der Waals surface area (Å²) in [5, 5.41) is 28.2. The van der Waals surface area contributed by atoms with Crippen LogP contribution in [0.3, 0.4) is 0 Å². The van der Waals surface area contributed by atoms with Crippen LogP contribution in [0.25, 0.3) is 20.7 Å². The van der Waals surface area contributed by atoms with E-state index in [2.05, 4.69) is 0 Å². The quantitative estimate of drug-likeness (QED) is 0.0812. The lowest BCUT2D eigenvalue weighted by molar-refractivity contribution is -0.384. The molecular formula is C43H34ClN5O8S. The Morgan fingerprint density at radius 1 is 0.983 bits per heavy atom. The van der Waals surface area contributed by atoms with Crippen molar-refractivity contribution in [2.24, 2.45) is 42.1 Å². The number of fused-ring (bicyclic) bond motifs is 6. The van der Waals surface area contributed by atoms with Crippen molar-refractivity contribution in [3.05, 3.63) is 116 Å².